The lowest BCUT2D eigenvalue weighted by molar-refractivity contribution is -0.132. The smallest absolute Gasteiger partial charge is 0.257 e. The molecule has 0 aliphatic carbocycles. The SMILES string of the molecule is COc1ccc(-c2ccc(N3CCN(C(=O)CN(CCN4CCOCC4)C(=O)c4ccccc4F)CC3)nn2)c(OC)c1. The molecular weight excluding hydrogens is 555 g/mol. The van der Waals surface area contributed by atoms with Gasteiger partial charge in [-0.05, 0) is 36.4 Å². The Balaban J connectivity index is 1.20. The molecule has 2 amide bonds. The zero-order chi connectivity index (χ0) is 30.2. The molecule has 0 saturated carbocycles. The van der Waals surface area contributed by atoms with Crippen LogP contribution in [0.2, 0.25) is 0 Å². The number of morpholine rings is 1. The van der Waals surface area contributed by atoms with Crippen LogP contribution < -0.4 is 14.4 Å². The van der Waals surface area contributed by atoms with Crippen LogP contribution in [0.25, 0.3) is 11.3 Å². The lowest BCUT2D eigenvalue weighted by Crippen LogP contribution is -2.53. The zero-order valence-corrected chi connectivity index (χ0v) is 24.6. The Kier molecular flexibility index (Phi) is 10.0. The number of aromatic nitrogens is 2. The molecule has 43 heavy (non-hydrogen) atoms. The summed E-state index contributed by atoms with van der Waals surface area (Å²) in [5.41, 5.74) is 1.45. The van der Waals surface area contributed by atoms with E-state index in [1.807, 2.05) is 24.3 Å². The Morgan fingerprint density at radius 3 is 2.37 bits per heavy atom. The van der Waals surface area contributed by atoms with Crippen LogP contribution in [0.1, 0.15) is 10.4 Å². The van der Waals surface area contributed by atoms with E-state index in [0.29, 0.717) is 75.5 Å². The largest absolute Gasteiger partial charge is 0.497 e. The second-order valence-corrected chi connectivity index (χ2v) is 10.4. The van der Waals surface area contributed by atoms with E-state index in [1.54, 1.807) is 37.3 Å². The summed E-state index contributed by atoms with van der Waals surface area (Å²) in [6, 6.07) is 15.2. The summed E-state index contributed by atoms with van der Waals surface area (Å²) in [5.74, 6) is 0.796. The first-order chi connectivity index (χ1) is 21.0. The van der Waals surface area contributed by atoms with Gasteiger partial charge in [0.1, 0.15) is 23.9 Å². The van der Waals surface area contributed by atoms with Gasteiger partial charge in [0, 0.05) is 64.0 Å². The molecule has 2 aliphatic rings. The molecule has 3 aromatic rings. The molecule has 1 aromatic heterocycles. The molecule has 0 spiro atoms. The molecule has 2 aromatic carbocycles. The van der Waals surface area contributed by atoms with Crippen LogP contribution in [0.5, 0.6) is 11.5 Å². The predicted octanol–water partition coefficient (Wildman–Crippen LogP) is 2.42. The molecule has 0 atom stereocenters. The van der Waals surface area contributed by atoms with Gasteiger partial charge in [0.25, 0.3) is 5.91 Å². The molecule has 0 N–H and O–H groups in total. The number of methoxy groups -OCH3 is 2. The summed E-state index contributed by atoms with van der Waals surface area (Å²) < 4.78 is 30.7. The first-order valence-electron chi connectivity index (χ1n) is 14.4. The molecule has 0 unspecified atom stereocenters. The fraction of sp³-hybridized carbons (Fsp3) is 0.419. The molecular formula is C31H37FN6O5. The lowest BCUT2D eigenvalue weighted by Gasteiger charge is -2.36. The molecule has 11 nitrogen and oxygen atoms in total. The first-order valence-corrected chi connectivity index (χ1v) is 14.4. The number of ether oxygens (including phenoxy) is 3. The van der Waals surface area contributed by atoms with Crippen molar-refractivity contribution in [2.75, 3.05) is 91.2 Å². The predicted molar refractivity (Wildman–Crippen MR) is 159 cm³/mol. The van der Waals surface area contributed by atoms with E-state index in [9.17, 15) is 14.0 Å². The molecule has 12 heteroatoms. The molecule has 2 aliphatic heterocycles. The van der Waals surface area contributed by atoms with Crippen molar-refractivity contribution in [2.24, 2.45) is 0 Å². The number of halogens is 1. The van der Waals surface area contributed by atoms with Crippen molar-refractivity contribution in [1.82, 2.24) is 24.9 Å². The Bertz CT molecular complexity index is 1390. The molecule has 3 heterocycles. The van der Waals surface area contributed by atoms with Crippen LogP contribution in [-0.2, 0) is 9.53 Å². The van der Waals surface area contributed by atoms with E-state index in [0.717, 1.165) is 18.7 Å². The third kappa shape index (κ3) is 7.38. The van der Waals surface area contributed by atoms with Gasteiger partial charge in [0.05, 0.1) is 38.7 Å². The van der Waals surface area contributed by atoms with Crippen molar-refractivity contribution >= 4 is 17.6 Å². The summed E-state index contributed by atoms with van der Waals surface area (Å²) in [6.07, 6.45) is 0. The van der Waals surface area contributed by atoms with Crippen LogP contribution in [0.3, 0.4) is 0 Å². The number of rotatable bonds is 10. The van der Waals surface area contributed by atoms with E-state index in [4.69, 9.17) is 14.2 Å². The maximum Gasteiger partial charge on any atom is 0.257 e. The quantitative estimate of drug-likeness (QED) is 0.351. The second kappa shape index (κ2) is 14.3. The van der Waals surface area contributed by atoms with Gasteiger partial charge in [-0.15, -0.1) is 10.2 Å². The van der Waals surface area contributed by atoms with Gasteiger partial charge in [-0.25, -0.2) is 4.39 Å². The van der Waals surface area contributed by atoms with E-state index >= 15 is 0 Å². The standard InChI is InChI=1S/C31H37FN6O5/c1-41-23-7-8-25(28(21-23)42-2)27-9-10-29(34-33-27)36-13-15-37(16-14-36)30(39)22-38(12-11-35-17-19-43-20-18-35)31(40)24-5-3-4-6-26(24)32/h3-10,21H,11-20,22H2,1-2H3. The Hall–Kier alpha value is -4.29. The van der Waals surface area contributed by atoms with Gasteiger partial charge >= 0.3 is 0 Å². The first kappa shape index (κ1) is 30.2. The number of anilines is 1. The fourth-order valence-electron chi connectivity index (χ4n) is 5.24. The Morgan fingerprint density at radius 2 is 1.70 bits per heavy atom. The molecule has 228 valence electrons. The lowest BCUT2D eigenvalue weighted by atomic mass is 10.1. The molecule has 5 rings (SSSR count). The molecule has 0 radical (unpaired) electrons. The maximum absolute atomic E-state index is 14.5. The highest BCUT2D eigenvalue weighted by atomic mass is 19.1. The monoisotopic (exact) mass is 592 g/mol. The number of nitrogens with zero attached hydrogens (tertiary/aromatic N) is 6. The number of benzene rings is 2. The van der Waals surface area contributed by atoms with E-state index < -0.39 is 11.7 Å². The molecule has 2 saturated heterocycles. The van der Waals surface area contributed by atoms with Gasteiger partial charge in [-0.2, -0.15) is 0 Å². The summed E-state index contributed by atoms with van der Waals surface area (Å²) in [5, 5.41) is 8.85. The minimum absolute atomic E-state index is 0.0311. The maximum atomic E-state index is 14.5. The van der Waals surface area contributed by atoms with Crippen molar-refractivity contribution in [3.8, 4) is 22.8 Å². The second-order valence-electron chi connectivity index (χ2n) is 10.4. The highest BCUT2D eigenvalue weighted by molar-refractivity contribution is 5.96. The number of carbonyl (C=O) groups excluding carboxylic acids is 2. The Morgan fingerprint density at radius 1 is 0.930 bits per heavy atom. The van der Waals surface area contributed by atoms with Crippen LogP contribution in [0, 0.1) is 5.82 Å². The zero-order valence-electron chi connectivity index (χ0n) is 24.6. The number of carbonyl (C=O) groups is 2. The number of hydrogen-bond donors (Lipinski definition) is 0. The van der Waals surface area contributed by atoms with Crippen LogP contribution >= 0.6 is 0 Å². The third-order valence-electron chi connectivity index (χ3n) is 7.80. The average molecular weight is 593 g/mol. The van der Waals surface area contributed by atoms with Gasteiger partial charge in [0.15, 0.2) is 5.82 Å². The van der Waals surface area contributed by atoms with Crippen LogP contribution in [-0.4, -0.2) is 123 Å². The number of piperazine rings is 1. The summed E-state index contributed by atoms with van der Waals surface area (Å²) in [6.45, 7) is 5.66. The van der Waals surface area contributed by atoms with E-state index in [2.05, 4.69) is 20.0 Å². The van der Waals surface area contributed by atoms with Gasteiger partial charge < -0.3 is 28.9 Å². The van der Waals surface area contributed by atoms with Crippen molar-refractivity contribution in [1.29, 1.82) is 0 Å². The van der Waals surface area contributed by atoms with E-state index in [1.165, 1.54) is 17.0 Å². The van der Waals surface area contributed by atoms with Crippen molar-refractivity contribution in [3.63, 3.8) is 0 Å². The van der Waals surface area contributed by atoms with Crippen LogP contribution in [0.15, 0.2) is 54.6 Å². The number of amides is 2. The van der Waals surface area contributed by atoms with Crippen molar-refractivity contribution in [3.05, 3.63) is 66.0 Å². The minimum Gasteiger partial charge on any atom is -0.497 e. The molecule has 0 bridgehead atoms. The summed E-state index contributed by atoms with van der Waals surface area (Å²) in [4.78, 5) is 34.2. The highest BCUT2D eigenvalue weighted by Crippen LogP contribution is 2.32. The third-order valence-corrected chi connectivity index (χ3v) is 7.80. The minimum atomic E-state index is -0.595. The average Bonchev–Trinajstić information content (AvgIpc) is 3.06. The van der Waals surface area contributed by atoms with Crippen LogP contribution in [0.4, 0.5) is 10.2 Å². The van der Waals surface area contributed by atoms with Crippen molar-refractivity contribution < 1.29 is 28.2 Å². The Labute approximate surface area is 250 Å². The highest BCUT2D eigenvalue weighted by Gasteiger charge is 2.27. The molecule has 2 fully saturated rings. The van der Waals surface area contributed by atoms with Gasteiger partial charge in [0.2, 0.25) is 5.91 Å². The number of hydrogen-bond acceptors (Lipinski definition) is 9. The van der Waals surface area contributed by atoms with Gasteiger partial charge in [-0.3, -0.25) is 14.5 Å². The van der Waals surface area contributed by atoms with E-state index in [-0.39, 0.29) is 18.0 Å². The summed E-state index contributed by atoms with van der Waals surface area (Å²) in [7, 11) is 3.20. The normalized spacial score (nSPS) is 15.7. The topological polar surface area (TPSA) is 101 Å². The van der Waals surface area contributed by atoms with Gasteiger partial charge in [-0.1, -0.05) is 12.1 Å². The fourth-order valence-corrected chi connectivity index (χ4v) is 5.24. The van der Waals surface area contributed by atoms with Crippen molar-refractivity contribution in [2.45, 2.75) is 0 Å². The summed E-state index contributed by atoms with van der Waals surface area (Å²) >= 11 is 0.